The zero-order valence-corrected chi connectivity index (χ0v) is 38.3. The van der Waals surface area contributed by atoms with Crippen LogP contribution in [0.3, 0.4) is 0 Å². The lowest BCUT2D eigenvalue weighted by Gasteiger charge is -2.45. The van der Waals surface area contributed by atoms with Gasteiger partial charge in [0.2, 0.25) is 18.2 Å². The quantitative estimate of drug-likeness (QED) is 0.0189. The molecule has 0 bridgehead atoms. The number of carbonyl (C=O) groups is 5. The van der Waals surface area contributed by atoms with Crippen LogP contribution in [0.2, 0.25) is 5.02 Å². The Hall–Kier alpha value is -5.55. The molecule has 14 nitrogen and oxygen atoms in total. The number of carboxylic acids is 2. The van der Waals surface area contributed by atoms with Crippen LogP contribution in [-0.2, 0) is 24.9 Å². The number of aromatic carboxylic acids is 1. The molecule has 0 spiro atoms. The van der Waals surface area contributed by atoms with Crippen LogP contribution in [0.4, 0.5) is 11.4 Å². The molecule has 4 heterocycles. The normalized spacial score (nSPS) is 18.0. The summed E-state index contributed by atoms with van der Waals surface area (Å²) in [6, 6.07) is 24.4. The second kappa shape index (κ2) is 20.5. The van der Waals surface area contributed by atoms with Crippen molar-refractivity contribution in [3.63, 3.8) is 0 Å². The van der Waals surface area contributed by atoms with Crippen molar-refractivity contribution >= 4 is 87.3 Å². The van der Waals surface area contributed by atoms with Crippen LogP contribution < -0.4 is 26.0 Å². The van der Waals surface area contributed by atoms with E-state index in [2.05, 4.69) is 88.0 Å². The average Bonchev–Trinajstić information content (AvgIpc) is 3.76. The molecule has 7 rings (SSSR count). The number of aliphatic carboxylic acids is 1. The molecule has 2 aliphatic rings. The van der Waals surface area contributed by atoms with Crippen LogP contribution in [0.5, 0.6) is 5.75 Å². The summed E-state index contributed by atoms with van der Waals surface area (Å²) in [6.07, 6.45) is 4.96. The van der Waals surface area contributed by atoms with Gasteiger partial charge in [-0.15, -0.1) is 11.3 Å². The molecule has 5 aromatic rings. The summed E-state index contributed by atoms with van der Waals surface area (Å²) in [5.41, 5.74) is 6.83. The number of ether oxygens (including phenoxy) is 1. The molecule has 3 unspecified atom stereocenters. The standard InChI is InChI=1S/C47H53ClN6O8S2/c1-28-20-33-22-31(10-11-37(33)54(28)38-12-13-39(56)52-45(38)59)30(14-17-49-27-55)15-18-50-34-8-4-6-29(21-34)26-63-53-19-16-36(24-47(53,2)3)51-35-9-5-7-32(23-35)43-41(48)42(62-25-40(57)58)44(64-43)46(60)61/h4-11,20-23,27,30,36,38,50-51H,12-19,24-26H2,1-3H3,(H,49,55)(H,57,58)(H,60,61)(H,52,56,59). The maximum Gasteiger partial charge on any atom is 0.349 e. The fourth-order valence-corrected chi connectivity index (χ4v) is 11.4. The van der Waals surface area contributed by atoms with Gasteiger partial charge >= 0.3 is 11.9 Å². The number of nitrogens with zero attached hydrogens (tertiary/aromatic N) is 2. The number of anilines is 2. The van der Waals surface area contributed by atoms with E-state index in [9.17, 15) is 29.1 Å². The largest absolute Gasteiger partial charge is 0.479 e. The lowest BCUT2D eigenvalue weighted by molar-refractivity contribution is -0.139. The van der Waals surface area contributed by atoms with Gasteiger partial charge in [-0.1, -0.05) is 53.9 Å². The summed E-state index contributed by atoms with van der Waals surface area (Å²) in [5.74, 6) is -2.11. The molecule has 64 heavy (non-hydrogen) atoms. The van der Waals surface area contributed by atoms with Gasteiger partial charge < -0.3 is 35.5 Å². The number of amides is 3. The third kappa shape index (κ3) is 11.0. The Morgan fingerprint density at radius 3 is 2.56 bits per heavy atom. The minimum atomic E-state index is -1.24. The molecule has 0 saturated carbocycles. The Morgan fingerprint density at radius 1 is 1.03 bits per heavy atom. The number of nitrogens with one attached hydrogen (secondary N) is 4. The van der Waals surface area contributed by atoms with Crippen LogP contribution >= 0.6 is 34.9 Å². The number of aryl methyl sites for hydroxylation is 1. The van der Waals surface area contributed by atoms with E-state index in [0.717, 1.165) is 90.2 Å². The van der Waals surface area contributed by atoms with Gasteiger partial charge in [-0.25, -0.2) is 13.9 Å². The number of halogens is 1. The highest BCUT2D eigenvalue weighted by atomic mass is 35.5. The Kier molecular flexibility index (Phi) is 14.9. The predicted octanol–water partition coefficient (Wildman–Crippen LogP) is 8.70. The molecular formula is C47H53ClN6O8S2. The number of fused-ring (bicyclic) bond motifs is 1. The average molecular weight is 930 g/mol. The van der Waals surface area contributed by atoms with E-state index >= 15 is 0 Å². The molecule has 3 atom stereocenters. The molecule has 2 aliphatic heterocycles. The summed E-state index contributed by atoms with van der Waals surface area (Å²) in [7, 11) is 0. The predicted molar refractivity (Wildman–Crippen MR) is 253 cm³/mol. The van der Waals surface area contributed by atoms with Crippen LogP contribution in [0.1, 0.15) is 90.8 Å². The van der Waals surface area contributed by atoms with Crippen molar-refractivity contribution in [3.8, 4) is 16.2 Å². The monoisotopic (exact) mass is 928 g/mol. The van der Waals surface area contributed by atoms with Gasteiger partial charge in [0.1, 0.15) is 11.1 Å². The summed E-state index contributed by atoms with van der Waals surface area (Å²) in [4.78, 5) is 59.0. The molecule has 2 saturated heterocycles. The molecule has 0 aliphatic carbocycles. The van der Waals surface area contributed by atoms with E-state index in [-0.39, 0.29) is 45.0 Å². The molecule has 3 amide bonds. The number of hydrogen-bond acceptors (Lipinski definition) is 11. The summed E-state index contributed by atoms with van der Waals surface area (Å²) < 4.78 is 9.76. The second-order valence-electron chi connectivity index (χ2n) is 16.9. The zero-order chi connectivity index (χ0) is 45.5. The lowest BCUT2D eigenvalue weighted by atomic mass is 9.89. The van der Waals surface area contributed by atoms with E-state index in [1.165, 1.54) is 11.1 Å². The minimum Gasteiger partial charge on any atom is -0.479 e. The van der Waals surface area contributed by atoms with Crippen LogP contribution in [0.15, 0.2) is 72.8 Å². The molecule has 338 valence electrons. The highest BCUT2D eigenvalue weighted by molar-refractivity contribution is 7.96. The first kappa shape index (κ1) is 46.4. The molecule has 2 aromatic heterocycles. The van der Waals surface area contributed by atoms with Crippen molar-refractivity contribution < 1.29 is 38.9 Å². The van der Waals surface area contributed by atoms with Gasteiger partial charge in [0, 0.05) is 71.4 Å². The van der Waals surface area contributed by atoms with Gasteiger partial charge in [-0.3, -0.25) is 19.7 Å². The van der Waals surface area contributed by atoms with E-state index in [1.807, 2.05) is 47.7 Å². The number of aromatic nitrogens is 1. The topological polar surface area (TPSA) is 191 Å². The zero-order valence-electron chi connectivity index (χ0n) is 35.9. The maximum absolute atomic E-state index is 12.7. The highest BCUT2D eigenvalue weighted by Gasteiger charge is 2.36. The Morgan fingerprint density at radius 2 is 1.81 bits per heavy atom. The number of carboxylic acid groups (broad SMARTS) is 2. The molecule has 6 N–H and O–H groups in total. The molecule has 17 heteroatoms. The number of imide groups is 1. The maximum atomic E-state index is 12.7. The van der Waals surface area contributed by atoms with E-state index < -0.39 is 24.6 Å². The van der Waals surface area contributed by atoms with Crippen LogP contribution in [0.25, 0.3) is 21.3 Å². The first-order chi connectivity index (χ1) is 30.7. The minimum absolute atomic E-state index is 0.0742. The number of thiophene rings is 1. The third-order valence-corrected chi connectivity index (χ3v) is 15.0. The molecular weight excluding hydrogens is 876 g/mol. The molecule has 2 fully saturated rings. The number of benzene rings is 3. The first-order valence-electron chi connectivity index (χ1n) is 21.3. The fraction of sp³-hybridized carbons (Fsp3) is 0.383. The van der Waals surface area contributed by atoms with Gasteiger partial charge in [-0.2, -0.15) is 0 Å². The van der Waals surface area contributed by atoms with Crippen molar-refractivity contribution in [1.29, 1.82) is 0 Å². The highest BCUT2D eigenvalue weighted by Crippen LogP contribution is 2.46. The third-order valence-electron chi connectivity index (χ3n) is 11.8. The van der Waals surface area contributed by atoms with Gasteiger partial charge in [-0.05, 0) is 118 Å². The molecule has 3 aromatic carbocycles. The van der Waals surface area contributed by atoms with Crippen molar-refractivity contribution in [2.24, 2.45) is 0 Å². The van der Waals surface area contributed by atoms with Crippen LogP contribution in [-0.4, -0.2) is 87.1 Å². The van der Waals surface area contributed by atoms with Crippen molar-refractivity contribution in [1.82, 2.24) is 19.5 Å². The van der Waals surface area contributed by atoms with Gasteiger partial charge in [0.05, 0.1) is 4.88 Å². The van der Waals surface area contributed by atoms with Crippen LogP contribution in [0, 0.1) is 6.92 Å². The fourth-order valence-electron chi connectivity index (χ4n) is 8.81. The van der Waals surface area contributed by atoms with Crippen molar-refractivity contribution in [3.05, 3.63) is 99.5 Å². The van der Waals surface area contributed by atoms with E-state index in [1.54, 1.807) is 0 Å². The summed E-state index contributed by atoms with van der Waals surface area (Å²) >= 11 is 9.34. The smallest absolute Gasteiger partial charge is 0.349 e. The Labute approximate surface area is 385 Å². The lowest BCUT2D eigenvalue weighted by Crippen LogP contribution is -2.49. The summed E-state index contributed by atoms with van der Waals surface area (Å²) in [6.45, 7) is 7.98. The number of piperidine rings is 2. The van der Waals surface area contributed by atoms with Gasteiger partial charge in [0.25, 0.3) is 0 Å². The Balaban J connectivity index is 0.932. The number of carbonyl (C=O) groups excluding carboxylic acids is 3. The van der Waals surface area contributed by atoms with Crippen molar-refractivity contribution in [2.45, 2.75) is 88.6 Å². The Bertz CT molecular complexity index is 2540. The number of hydrogen-bond donors (Lipinski definition) is 6. The first-order valence-corrected chi connectivity index (χ1v) is 23.5. The second-order valence-corrected chi connectivity index (χ2v) is 19.3. The van der Waals surface area contributed by atoms with Gasteiger partial charge in [0.15, 0.2) is 17.2 Å². The van der Waals surface area contributed by atoms with Crippen molar-refractivity contribution in [2.75, 3.05) is 36.9 Å². The van der Waals surface area contributed by atoms with E-state index in [4.69, 9.17) is 21.4 Å². The SMILES string of the molecule is Cc1cc2cc(C(CCNC=O)CCNc3cccc(CSN4CCC(Nc5cccc(-c6sc(C(=O)O)c(OCC(=O)O)c6Cl)c5)CC4(C)C)c3)ccc2n1C1CCC(=O)NC1=O. The molecule has 0 radical (unpaired) electrons. The van der Waals surface area contributed by atoms with E-state index in [0.29, 0.717) is 29.8 Å². The summed E-state index contributed by atoms with van der Waals surface area (Å²) in [5, 5.41) is 32.5. The number of rotatable bonds is 20.